The molecule has 0 saturated heterocycles. The molecule has 28 heavy (non-hydrogen) atoms. The van der Waals surface area contributed by atoms with E-state index < -0.39 is 28.0 Å². The molecular weight excluding hydrogens is 382 g/mol. The lowest BCUT2D eigenvalue weighted by Gasteiger charge is -2.17. The Hall–Kier alpha value is -3.02. The van der Waals surface area contributed by atoms with Crippen LogP contribution in [-0.2, 0) is 19.6 Å². The Labute approximate surface area is 162 Å². The maximum atomic E-state index is 12.6. The number of aliphatic carboxylic acids is 1. The van der Waals surface area contributed by atoms with Gasteiger partial charge >= 0.3 is 5.97 Å². The maximum absolute atomic E-state index is 12.6. The van der Waals surface area contributed by atoms with E-state index in [1.165, 1.54) is 19.2 Å². The second-order valence-corrected chi connectivity index (χ2v) is 8.30. The smallest absolute Gasteiger partial charge is 0.322 e. The van der Waals surface area contributed by atoms with Crippen molar-refractivity contribution in [2.24, 2.45) is 5.92 Å². The van der Waals surface area contributed by atoms with Crippen molar-refractivity contribution in [2.75, 3.05) is 7.11 Å². The minimum Gasteiger partial charge on any atom is -0.480 e. The number of sulfonamides is 1. The van der Waals surface area contributed by atoms with Crippen LogP contribution in [0, 0.1) is 17.9 Å². The van der Waals surface area contributed by atoms with Crippen LogP contribution in [0.3, 0.4) is 0 Å². The van der Waals surface area contributed by atoms with E-state index in [1.54, 1.807) is 32.0 Å². The molecule has 3 rings (SSSR count). The Morgan fingerprint density at radius 2 is 1.89 bits per heavy atom. The number of nitrogens with one attached hydrogen (secondary N) is 1. The van der Waals surface area contributed by atoms with Crippen molar-refractivity contribution in [1.82, 2.24) is 4.72 Å². The average Bonchev–Trinajstić information content (AvgIpc) is 3.01. The Balaban J connectivity index is 2.04. The number of methoxy groups -OCH3 is 1. The van der Waals surface area contributed by atoms with Crippen LogP contribution in [0.4, 0.5) is 0 Å². The number of carboxylic acids is 1. The summed E-state index contributed by atoms with van der Waals surface area (Å²) < 4.78 is 38.0. The van der Waals surface area contributed by atoms with Crippen LogP contribution < -0.4 is 4.72 Å². The fourth-order valence-electron chi connectivity index (χ4n) is 2.82. The van der Waals surface area contributed by atoms with Gasteiger partial charge in [-0.1, -0.05) is 13.8 Å². The monoisotopic (exact) mass is 401 g/mol. The van der Waals surface area contributed by atoms with E-state index in [4.69, 9.17) is 9.15 Å². The second kappa shape index (κ2) is 7.54. The zero-order valence-electron chi connectivity index (χ0n) is 15.5. The molecule has 0 spiro atoms. The van der Waals surface area contributed by atoms with Crippen molar-refractivity contribution in [1.29, 1.82) is 0 Å². The van der Waals surface area contributed by atoms with Crippen LogP contribution in [0.1, 0.15) is 19.4 Å². The van der Waals surface area contributed by atoms with Crippen LogP contribution in [0.2, 0.25) is 0 Å². The Kier molecular flexibility index (Phi) is 5.31. The molecule has 0 aliphatic heterocycles. The summed E-state index contributed by atoms with van der Waals surface area (Å²) in [6, 6.07) is 8.58. The van der Waals surface area contributed by atoms with Gasteiger partial charge in [-0.2, -0.15) is 4.72 Å². The molecule has 1 atom stereocenters. The minimum atomic E-state index is -4.03. The van der Waals surface area contributed by atoms with Gasteiger partial charge in [0.2, 0.25) is 10.0 Å². The van der Waals surface area contributed by atoms with E-state index in [2.05, 4.69) is 16.7 Å². The lowest BCUT2D eigenvalue weighted by molar-refractivity contribution is -0.140. The fraction of sp³-hybridized carbons (Fsp3) is 0.250. The van der Waals surface area contributed by atoms with E-state index in [-0.39, 0.29) is 4.90 Å². The van der Waals surface area contributed by atoms with Gasteiger partial charge in [-0.05, 0) is 42.2 Å². The minimum absolute atomic E-state index is 0.0645. The summed E-state index contributed by atoms with van der Waals surface area (Å²) in [4.78, 5) is 11.3. The summed E-state index contributed by atoms with van der Waals surface area (Å²) in [6.07, 6.45) is 2.52. The molecule has 0 aliphatic carbocycles. The Morgan fingerprint density at radius 3 is 2.54 bits per heavy atom. The van der Waals surface area contributed by atoms with Gasteiger partial charge in [0.15, 0.2) is 0 Å². The molecule has 0 fully saturated rings. The lowest BCUT2D eigenvalue weighted by Crippen LogP contribution is -2.44. The predicted octanol–water partition coefficient (Wildman–Crippen LogP) is 2.93. The number of fused-ring (bicyclic) bond motifs is 3. The van der Waals surface area contributed by atoms with Crippen molar-refractivity contribution in [3.05, 3.63) is 42.0 Å². The average molecular weight is 401 g/mol. The number of carbonyl (C=O) groups is 1. The third-order valence-electron chi connectivity index (χ3n) is 4.27. The van der Waals surface area contributed by atoms with Gasteiger partial charge in [0.1, 0.15) is 23.3 Å². The van der Waals surface area contributed by atoms with Gasteiger partial charge in [-0.25, -0.2) is 8.42 Å². The first-order chi connectivity index (χ1) is 13.2. The SMILES string of the molecule is COC#Cc1ccc2oc3cc(S(=O)(=O)N[C@H](C(=O)O)C(C)C)ccc3c2c1. The number of carboxylic acid groups (broad SMARTS) is 1. The molecule has 0 radical (unpaired) electrons. The third kappa shape index (κ3) is 3.81. The number of hydrogen-bond acceptors (Lipinski definition) is 5. The summed E-state index contributed by atoms with van der Waals surface area (Å²) in [5.74, 6) is 1.21. The summed E-state index contributed by atoms with van der Waals surface area (Å²) in [7, 11) is -2.55. The highest BCUT2D eigenvalue weighted by Crippen LogP contribution is 2.31. The number of rotatable bonds is 5. The van der Waals surface area contributed by atoms with Gasteiger partial charge < -0.3 is 14.3 Å². The topological polar surface area (TPSA) is 106 Å². The van der Waals surface area contributed by atoms with Crippen molar-refractivity contribution >= 4 is 37.9 Å². The molecule has 3 aromatic rings. The summed E-state index contributed by atoms with van der Waals surface area (Å²) in [5.41, 5.74) is 1.70. The summed E-state index contributed by atoms with van der Waals surface area (Å²) in [5, 5.41) is 10.8. The van der Waals surface area contributed by atoms with Crippen LogP contribution in [0.5, 0.6) is 0 Å². The Bertz CT molecular complexity index is 1210. The standard InChI is InChI=1S/C20H19NO6S/c1-12(2)19(20(22)23)21-28(24,25)14-5-6-15-16-10-13(8-9-26-3)4-7-17(16)27-18(15)11-14/h4-7,10-12,19,21H,1-3H3,(H,22,23)/t19-/m0/s1. The number of furan rings is 1. The molecule has 0 saturated carbocycles. The molecule has 0 bridgehead atoms. The predicted molar refractivity (Wildman–Crippen MR) is 104 cm³/mol. The van der Waals surface area contributed by atoms with Gasteiger partial charge in [0.05, 0.1) is 12.0 Å². The molecule has 1 heterocycles. The number of benzene rings is 2. The molecule has 1 aromatic heterocycles. The Morgan fingerprint density at radius 1 is 1.14 bits per heavy atom. The van der Waals surface area contributed by atoms with Crippen molar-refractivity contribution in [2.45, 2.75) is 24.8 Å². The van der Waals surface area contributed by atoms with Crippen molar-refractivity contribution in [3.8, 4) is 12.0 Å². The molecule has 0 unspecified atom stereocenters. The number of hydrogen-bond donors (Lipinski definition) is 2. The summed E-state index contributed by atoms with van der Waals surface area (Å²) >= 11 is 0. The van der Waals surface area contributed by atoms with E-state index in [1.807, 2.05) is 6.07 Å². The highest BCUT2D eigenvalue weighted by molar-refractivity contribution is 7.89. The molecule has 2 N–H and O–H groups in total. The van der Waals surface area contributed by atoms with Crippen LogP contribution in [0.15, 0.2) is 45.7 Å². The molecule has 7 nitrogen and oxygen atoms in total. The first kappa shape index (κ1) is 19.7. The van der Waals surface area contributed by atoms with Gasteiger partial charge in [-0.15, -0.1) is 0 Å². The first-order valence-electron chi connectivity index (χ1n) is 8.48. The van der Waals surface area contributed by atoms with Crippen LogP contribution in [-0.4, -0.2) is 32.6 Å². The normalized spacial score (nSPS) is 12.7. The third-order valence-corrected chi connectivity index (χ3v) is 5.70. The van der Waals surface area contributed by atoms with Gasteiger partial charge in [0.25, 0.3) is 0 Å². The summed E-state index contributed by atoms with van der Waals surface area (Å²) in [6.45, 7) is 3.27. The van der Waals surface area contributed by atoms with E-state index in [0.29, 0.717) is 11.2 Å². The van der Waals surface area contributed by atoms with Gasteiger partial charge in [0, 0.05) is 22.4 Å². The molecule has 8 heteroatoms. The largest absolute Gasteiger partial charge is 0.480 e. The maximum Gasteiger partial charge on any atom is 0.322 e. The van der Waals surface area contributed by atoms with Gasteiger partial charge in [-0.3, -0.25) is 4.79 Å². The van der Waals surface area contributed by atoms with E-state index in [9.17, 15) is 18.3 Å². The number of ether oxygens (including phenoxy) is 1. The molecule has 146 valence electrons. The van der Waals surface area contributed by atoms with Crippen LogP contribution >= 0.6 is 0 Å². The van der Waals surface area contributed by atoms with Crippen molar-refractivity contribution < 1.29 is 27.5 Å². The molecular formula is C20H19NO6S. The van der Waals surface area contributed by atoms with Crippen molar-refractivity contribution in [3.63, 3.8) is 0 Å². The zero-order chi connectivity index (χ0) is 20.5. The molecule has 0 aliphatic rings. The van der Waals surface area contributed by atoms with E-state index >= 15 is 0 Å². The molecule has 2 aromatic carbocycles. The fourth-order valence-corrected chi connectivity index (χ4v) is 4.17. The quantitative estimate of drug-likeness (QED) is 0.637. The first-order valence-corrected chi connectivity index (χ1v) is 9.96. The van der Waals surface area contributed by atoms with E-state index in [0.717, 1.165) is 16.3 Å². The second-order valence-electron chi connectivity index (χ2n) is 6.58. The lowest BCUT2D eigenvalue weighted by atomic mass is 10.1. The molecule has 0 amide bonds. The zero-order valence-corrected chi connectivity index (χ0v) is 16.3. The van der Waals surface area contributed by atoms with Crippen LogP contribution in [0.25, 0.3) is 21.9 Å². The highest BCUT2D eigenvalue weighted by atomic mass is 32.2. The highest BCUT2D eigenvalue weighted by Gasteiger charge is 2.28.